The molecule has 0 aliphatic heterocycles. The van der Waals surface area contributed by atoms with Gasteiger partial charge in [0.1, 0.15) is 6.54 Å². The molecule has 5 nitrogen and oxygen atoms in total. The molecule has 2 aromatic rings. The second kappa shape index (κ2) is 8.11. The molecular weight excluding hydrogens is 314 g/mol. The first kappa shape index (κ1) is 18.2. The van der Waals surface area contributed by atoms with Crippen molar-refractivity contribution < 1.29 is 9.59 Å². The number of hydrogen-bond donors (Lipinski definition) is 0. The van der Waals surface area contributed by atoms with E-state index in [2.05, 4.69) is 0 Å². The van der Waals surface area contributed by atoms with Gasteiger partial charge in [-0.3, -0.25) is 9.59 Å². The lowest BCUT2D eigenvalue weighted by Gasteiger charge is -2.26. The molecule has 0 fully saturated rings. The van der Waals surface area contributed by atoms with Gasteiger partial charge in [0.15, 0.2) is 0 Å². The molecule has 2 aromatic carbocycles. The third kappa shape index (κ3) is 4.45. The summed E-state index contributed by atoms with van der Waals surface area (Å²) in [4.78, 5) is 27.9. The number of aryl methyl sites for hydroxylation is 1. The van der Waals surface area contributed by atoms with Crippen molar-refractivity contribution in [1.82, 2.24) is 0 Å². The van der Waals surface area contributed by atoms with E-state index in [-0.39, 0.29) is 18.4 Å². The minimum absolute atomic E-state index is 0.0774. The number of nitrogens with zero attached hydrogens (tertiary/aromatic N) is 3. The summed E-state index contributed by atoms with van der Waals surface area (Å²) in [6, 6.07) is 16.4. The quantitative estimate of drug-likeness (QED) is 0.842. The third-order valence-corrected chi connectivity index (χ3v) is 3.89. The maximum absolute atomic E-state index is 12.8. The molecule has 0 aliphatic rings. The normalized spacial score (nSPS) is 10.0. The largest absolute Gasteiger partial charge is 0.311 e. The first-order valence-corrected chi connectivity index (χ1v) is 8.11. The maximum atomic E-state index is 12.8. The van der Waals surface area contributed by atoms with Gasteiger partial charge in [0.05, 0.1) is 11.6 Å². The van der Waals surface area contributed by atoms with Gasteiger partial charge in [0.25, 0.3) is 0 Å². The average Bonchev–Trinajstić information content (AvgIpc) is 2.60. The van der Waals surface area contributed by atoms with Crippen LogP contribution in [0.1, 0.15) is 25.0 Å². The van der Waals surface area contributed by atoms with Crippen molar-refractivity contribution in [3.63, 3.8) is 0 Å². The highest BCUT2D eigenvalue weighted by atomic mass is 16.2. The molecule has 128 valence electrons. The zero-order valence-corrected chi connectivity index (χ0v) is 14.7. The van der Waals surface area contributed by atoms with Crippen LogP contribution in [0.3, 0.4) is 0 Å². The molecular formula is C20H21N3O2. The summed E-state index contributed by atoms with van der Waals surface area (Å²) >= 11 is 0. The van der Waals surface area contributed by atoms with Crippen LogP contribution in [0.4, 0.5) is 11.4 Å². The van der Waals surface area contributed by atoms with Gasteiger partial charge in [-0.15, -0.1) is 0 Å². The van der Waals surface area contributed by atoms with Crippen molar-refractivity contribution in [3.05, 3.63) is 59.7 Å². The Morgan fingerprint density at radius 1 is 1.04 bits per heavy atom. The minimum atomic E-state index is -0.247. The first-order chi connectivity index (χ1) is 12.0. The van der Waals surface area contributed by atoms with Crippen LogP contribution in [-0.2, 0) is 9.59 Å². The van der Waals surface area contributed by atoms with Crippen LogP contribution in [0.25, 0.3) is 0 Å². The molecule has 0 saturated carbocycles. The highest BCUT2D eigenvalue weighted by Gasteiger charge is 2.21. The number of nitriles is 1. The van der Waals surface area contributed by atoms with E-state index < -0.39 is 0 Å². The van der Waals surface area contributed by atoms with Gasteiger partial charge in [-0.2, -0.15) is 5.26 Å². The van der Waals surface area contributed by atoms with Crippen molar-refractivity contribution in [3.8, 4) is 6.07 Å². The summed E-state index contributed by atoms with van der Waals surface area (Å²) < 4.78 is 0. The van der Waals surface area contributed by atoms with Crippen LogP contribution >= 0.6 is 0 Å². The molecule has 0 atom stereocenters. The van der Waals surface area contributed by atoms with E-state index in [1.807, 2.05) is 44.2 Å². The van der Waals surface area contributed by atoms with Crippen LogP contribution in [0.5, 0.6) is 0 Å². The van der Waals surface area contributed by atoms with Crippen molar-refractivity contribution in [2.24, 2.45) is 0 Å². The van der Waals surface area contributed by atoms with E-state index in [1.54, 1.807) is 29.2 Å². The summed E-state index contributed by atoms with van der Waals surface area (Å²) in [5.41, 5.74) is 2.86. The number of carbonyl (C=O) groups is 2. The summed E-state index contributed by atoms with van der Waals surface area (Å²) in [6.45, 7) is 5.71. The highest BCUT2D eigenvalue weighted by Crippen LogP contribution is 2.19. The Morgan fingerprint density at radius 3 is 2.24 bits per heavy atom. The lowest BCUT2D eigenvalue weighted by molar-refractivity contribution is -0.121. The Hall–Kier alpha value is -3.13. The number of likely N-dealkylation sites (N-methyl/N-ethyl adjacent to an activating group) is 1. The fourth-order valence-electron chi connectivity index (χ4n) is 2.65. The molecule has 0 spiro atoms. The predicted octanol–water partition coefficient (Wildman–Crippen LogP) is 3.27. The van der Waals surface area contributed by atoms with Crippen LogP contribution in [0.15, 0.2) is 48.5 Å². The van der Waals surface area contributed by atoms with E-state index in [9.17, 15) is 9.59 Å². The fourth-order valence-corrected chi connectivity index (χ4v) is 2.65. The molecule has 0 bridgehead atoms. The second-order valence-corrected chi connectivity index (χ2v) is 5.74. The molecule has 25 heavy (non-hydrogen) atoms. The fraction of sp³-hybridized carbons (Fsp3) is 0.250. The smallest absolute Gasteiger partial charge is 0.247 e. The van der Waals surface area contributed by atoms with E-state index in [0.29, 0.717) is 17.8 Å². The van der Waals surface area contributed by atoms with Gasteiger partial charge in [0.2, 0.25) is 11.8 Å². The van der Waals surface area contributed by atoms with Crippen molar-refractivity contribution in [2.45, 2.75) is 20.8 Å². The van der Waals surface area contributed by atoms with Crippen molar-refractivity contribution in [1.29, 1.82) is 5.26 Å². The molecule has 0 unspecified atom stereocenters. The van der Waals surface area contributed by atoms with E-state index in [0.717, 1.165) is 11.3 Å². The van der Waals surface area contributed by atoms with Gasteiger partial charge in [-0.05, 0) is 49.7 Å². The Labute approximate surface area is 148 Å². The Balaban J connectivity index is 2.27. The molecule has 2 amide bonds. The molecule has 0 saturated heterocycles. The SMILES string of the molecule is CCN(C(=O)CN(C(C)=O)c1cccc(C#N)c1)c1cccc(C)c1. The second-order valence-electron chi connectivity index (χ2n) is 5.74. The van der Waals surface area contributed by atoms with E-state index in [1.165, 1.54) is 11.8 Å². The first-order valence-electron chi connectivity index (χ1n) is 8.11. The molecule has 0 radical (unpaired) electrons. The van der Waals surface area contributed by atoms with Crippen molar-refractivity contribution >= 4 is 23.2 Å². The van der Waals surface area contributed by atoms with Crippen LogP contribution < -0.4 is 9.80 Å². The molecule has 2 rings (SSSR count). The van der Waals surface area contributed by atoms with Crippen LogP contribution in [-0.4, -0.2) is 24.9 Å². The number of benzene rings is 2. The summed E-state index contributed by atoms with van der Waals surface area (Å²) in [7, 11) is 0. The zero-order chi connectivity index (χ0) is 18.4. The van der Waals surface area contributed by atoms with Gasteiger partial charge in [0, 0.05) is 24.8 Å². The summed E-state index contributed by atoms with van der Waals surface area (Å²) in [5, 5.41) is 9.04. The van der Waals surface area contributed by atoms with Gasteiger partial charge >= 0.3 is 0 Å². The monoisotopic (exact) mass is 335 g/mol. The van der Waals surface area contributed by atoms with E-state index in [4.69, 9.17) is 5.26 Å². The number of hydrogen-bond acceptors (Lipinski definition) is 3. The number of anilines is 2. The van der Waals surface area contributed by atoms with Crippen LogP contribution in [0, 0.1) is 18.3 Å². The standard InChI is InChI=1S/C20H21N3O2/c1-4-22(18-9-5-7-15(2)11-18)20(25)14-23(16(3)24)19-10-6-8-17(12-19)13-21/h5-12H,4,14H2,1-3H3. The Kier molecular flexibility index (Phi) is 5.91. The van der Waals surface area contributed by atoms with Gasteiger partial charge < -0.3 is 9.80 Å². The van der Waals surface area contributed by atoms with E-state index >= 15 is 0 Å². The zero-order valence-electron chi connectivity index (χ0n) is 14.7. The predicted molar refractivity (Wildman–Crippen MR) is 98.4 cm³/mol. The molecule has 0 N–H and O–H groups in total. The summed E-state index contributed by atoms with van der Waals surface area (Å²) in [5.74, 6) is -0.422. The minimum Gasteiger partial charge on any atom is -0.311 e. The topological polar surface area (TPSA) is 64.4 Å². The summed E-state index contributed by atoms with van der Waals surface area (Å²) in [6.07, 6.45) is 0. The van der Waals surface area contributed by atoms with Gasteiger partial charge in [-0.1, -0.05) is 18.2 Å². The average molecular weight is 335 g/mol. The Bertz CT molecular complexity index is 824. The molecule has 0 aromatic heterocycles. The number of rotatable bonds is 5. The van der Waals surface area contributed by atoms with Crippen LogP contribution in [0.2, 0.25) is 0 Å². The lowest BCUT2D eigenvalue weighted by Crippen LogP contribution is -2.42. The van der Waals surface area contributed by atoms with Gasteiger partial charge in [-0.25, -0.2) is 0 Å². The maximum Gasteiger partial charge on any atom is 0.247 e. The molecule has 0 aliphatic carbocycles. The van der Waals surface area contributed by atoms with Crippen molar-refractivity contribution in [2.75, 3.05) is 22.9 Å². The third-order valence-electron chi connectivity index (χ3n) is 3.89. The lowest BCUT2D eigenvalue weighted by atomic mass is 10.2. The highest BCUT2D eigenvalue weighted by molar-refractivity contribution is 6.03. The number of amides is 2. The molecule has 5 heteroatoms. The Morgan fingerprint density at radius 2 is 1.68 bits per heavy atom. The molecule has 0 heterocycles. The number of carbonyl (C=O) groups excluding carboxylic acids is 2.